The van der Waals surface area contributed by atoms with Gasteiger partial charge in [0.05, 0.1) is 5.69 Å². The van der Waals surface area contributed by atoms with Crippen LogP contribution < -0.4 is 5.32 Å². The highest BCUT2D eigenvalue weighted by atomic mass is 16.2. The van der Waals surface area contributed by atoms with Crippen LogP contribution in [0.5, 0.6) is 0 Å². The number of carbonyl (C=O) groups is 1. The van der Waals surface area contributed by atoms with Crippen molar-refractivity contribution in [2.45, 2.75) is 32.7 Å². The molecule has 1 fully saturated rings. The summed E-state index contributed by atoms with van der Waals surface area (Å²) in [7, 11) is 1.94. The van der Waals surface area contributed by atoms with E-state index in [1.807, 2.05) is 47.8 Å². The molecular weight excluding hydrogens is 366 g/mol. The Labute approximate surface area is 170 Å². The summed E-state index contributed by atoms with van der Waals surface area (Å²) in [6.07, 6.45) is 3.65. The van der Waals surface area contributed by atoms with E-state index in [-0.39, 0.29) is 17.8 Å². The number of para-hydroxylation sites is 1. The predicted molar refractivity (Wildman–Crippen MR) is 110 cm³/mol. The standard InChI is InChI=1S/C21H27N7O/c1-14(2)16-7-5-6-8-17(16)28-15(3)24-19(25-28)21(29)27-12-9-22-13-18(27)20-23-10-11-26(20)4/h5-8,10-11,14,18,22H,9,12-13H2,1-4H3. The van der Waals surface area contributed by atoms with Gasteiger partial charge in [-0.3, -0.25) is 4.79 Å². The number of hydrogen-bond acceptors (Lipinski definition) is 5. The monoisotopic (exact) mass is 393 g/mol. The van der Waals surface area contributed by atoms with Gasteiger partial charge in [0.25, 0.3) is 5.91 Å². The van der Waals surface area contributed by atoms with Gasteiger partial charge >= 0.3 is 0 Å². The number of piperazine rings is 1. The summed E-state index contributed by atoms with van der Waals surface area (Å²) >= 11 is 0. The van der Waals surface area contributed by atoms with Gasteiger partial charge in [-0.15, -0.1) is 5.10 Å². The van der Waals surface area contributed by atoms with Crippen LogP contribution in [0.1, 0.15) is 53.6 Å². The summed E-state index contributed by atoms with van der Waals surface area (Å²) in [5.41, 5.74) is 2.14. The topological polar surface area (TPSA) is 80.9 Å². The number of nitrogens with zero attached hydrogens (tertiary/aromatic N) is 6. The maximum absolute atomic E-state index is 13.4. The van der Waals surface area contributed by atoms with Gasteiger partial charge in [0.15, 0.2) is 0 Å². The van der Waals surface area contributed by atoms with Crippen LogP contribution in [0.4, 0.5) is 0 Å². The van der Waals surface area contributed by atoms with Gasteiger partial charge in [0, 0.05) is 39.1 Å². The zero-order valence-corrected chi connectivity index (χ0v) is 17.3. The third-order valence-corrected chi connectivity index (χ3v) is 5.41. The first-order chi connectivity index (χ1) is 14.0. The molecule has 0 aliphatic carbocycles. The minimum Gasteiger partial charge on any atom is -0.336 e. The van der Waals surface area contributed by atoms with Crippen molar-refractivity contribution in [3.05, 3.63) is 59.7 Å². The second kappa shape index (κ2) is 7.79. The van der Waals surface area contributed by atoms with Gasteiger partial charge in [-0.05, 0) is 24.5 Å². The lowest BCUT2D eigenvalue weighted by Crippen LogP contribution is -2.49. The van der Waals surface area contributed by atoms with Gasteiger partial charge in [-0.1, -0.05) is 32.0 Å². The Hall–Kier alpha value is -3.00. The minimum atomic E-state index is -0.164. The van der Waals surface area contributed by atoms with Crippen molar-refractivity contribution < 1.29 is 4.79 Å². The summed E-state index contributed by atoms with van der Waals surface area (Å²) in [5, 5.41) is 7.96. The highest BCUT2D eigenvalue weighted by molar-refractivity contribution is 5.91. The molecular formula is C21H27N7O. The van der Waals surface area contributed by atoms with Crippen LogP contribution in [0.25, 0.3) is 5.69 Å². The molecule has 1 aliphatic rings. The number of benzene rings is 1. The van der Waals surface area contributed by atoms with Crippen LogP contribution in [0.15, 0.2) is 36.7 Å². The number of aryl methyl sites for hydroxylation is 2. The normalized spacial score (nSPS) is 17.1. The molecule has 1 aliphatic heterocycles. The molecule has 0 bridgehead atoms. The smallest absolute Gasteiger partial charge is 0.294 e. The Morgan fingerprint density at radius 2 is 2.07 bits per heavy atom. The van der Waals surface area contributed by atoms with Gasteiger partial charge < -0.3 is 14.8 Å². The number of amides is 1. The molecule has 1 aromatic carbocycles. The lowest BCUT2D eigenvalue weighted by molar-refractivity contribution is 0.0608. The van der Waals surface area contributed by atoms with E-state index in [1.165, 1.54) is 5.56 Å². The number of rotatable bonds is 4. The van der Waals surface area contributed by atoms with Crippen LogP contribution >= 0.6 is 0 Å². The summed E-state index contributed by atoms with van der Waals surface area (Å²) < 4.78 is 3.73. The Morgan fingerprint density at radius 3 is 2.79 bits per heavy atom. The van der Waals surface area contributed by atoms with Crippen molar-refractivity contribution >= 4 is 5.91 Å². The average molecular weight is 393 g/mol. The van der Waals surface area contributed by atoms with E-state index in [9.17, 15) is 4.79 Å². The molecule has 8 nitrogen and oxygen atoms in total. The molecule has 0 saturated carbocycles. The number of aromatic nitrogens is 5. The number of imidazole rings is 1. The lowest BCUT2D eigenvalue weighted by atomic mass is 10.0. The molecule has 3 aromatic rings. The van der Waals surface area contributed by atoms with E-state index in [1.54, 1.807) is 10.9 Å². The molecule has 152 valence electrons. The molecule has 0 radical (unpaired) electrons. The van der Waals surface area contributed by atoms with Crippen LogP contribution in [0.2, 0.25) is 0 Å². The van der Waals surface area contributed by atoms with Crippen molar-refractivity contribution in [3.8, 4) is 5.69 Å². The van der Waals surface area contributed by atoms with Gasteiger partial charge in [-0.25, -0.2) is 14.6 Å². The zero-order chi connectivity index (χ0) is 20.5. The molecule has 3 heterocycles. The highest BCUT2D eigenvalue weighted by Crippen LogP contribution is 2.25. The average Bonchev–Trinajstić information content (AvgIpc) is 3.33. The van der Waals surface area contributed by atoms with Crippen LogP contribution in [-0.2, 0) is 7.05 Å². The van der Waals surface area contributed by atoms with Crippen molar-refractivity contribution in [3.63, 3.8) is 0 Å². The van der Waals surface area contributed by atoms with E-state index < -0.39 is 0 Å². The van der Waals surface area contributed by atoms with E-state index in [4.69, 9.17) is 0 Å². The maximum Gasteiger partial charge on any atom is 0.294 e. The fourth-order valence-electron chi connectivity index (χ4n) is 3.88. The molecule has 1 N–H and O–H groups in total. The van der Waals surface area contributed by atoms with Crippen molar-refractivity contribution in [1.29, 1.82) is 0 Å². The molecule has 1 unspecified atom stereocenters. The first-order valence-corrected chi connectivity index (χ1v) is 9.99. The molecule has 1 amide bonds. The minimum absolute atomic E-state index is 0.147. The molecule has 29 heavy (non-hydrogen) atoms. The SMILES string of the molecule is Cc1nc(C(=O)N2CCNCC2c2nccn2C)nn1-c1ccccc1C(C)C. The zero-order valence-electron chi connectivity index (χ0n) is 17.3. The van der Waals surface area contributed by atoms with Crippen molar-refractivity contribution in [1.82, 2.24) is 34.5 Å². The summed E-state index contributed by atoms with van der Waals surface area (Å²) in [4.78, 5) is 24.1. The molecule has 8 heteroatoms. The number of nitrogens with one attached hydrogen (secondary N) is 1. The Balaban J connectivity index is 1.68. The summed E-state index contributed by atoms with van der Waals surface area (Å²) in [6, 6.07) is 7.97. The van der Waals surface area contributed by atoms with Crippen LogP contribution in [-0.4, -0.2) is 54.8 Å². The first-order valence-electron chi connectivity index (χ1n) is 9.99. The molecule has 0 spiro atoms. The van der Waals surface area contributed by atoms with Gasteiger partial charge in [-0.2, -0.15) is 0 Å². The molecule has 1 atom stereocenters. The van der Waals surface area contributed by atoms with Gasteiger partial charge in [0.1, 0.15) is 17.7 Å². The lowest BCUT2D eigenvalue weighted by Gasteiger charge is -2.35. The van der Waals surface area contributed by atoms with Crippen LogP contribution in [0, 0.1) is 6.92 Å². The van der Waals surface area contributed by atoms with E-state index in [0.29, 0.717) is 24.8 Å². The largest absolute Gasteiger partial charge is 0.336 e. The first kappa shape index (κ1) is 19.3. The predicted octanol–water partition coefficient (Wildman–Crippen LogP) is 2.22. The number of carbonyl (C=O) groups excluding carboxylic acids is 1. The second-order valence-corrected chi connectivity index (χ2v) is 7.72. The maximum atomic E-state index is 13.4. The van der Waals surface area contributed by atoms with Crippen molar-refractivity contribution in [2.75, 3.05) is 19.6 Å². The second-order valence-electron chi connectivity index (χ2n) is 7.72. The third kappa shape index (κ3) is 3.55. The molecule has 1 saturated heterocycles. The Morgan fingerprint density at radius 1 is 1.28 bits per heavy atom. The molecule has 2 aromatic heterocycles. The van der Waals surface area contributed by atoms with Gasteiger partial charge in [0.2, 0.25) is 5.82 Å². The Kier molecular flexibility index (Phi) is 5.19. The van der Waals surface area contributed by atoms with Crippen molar-refractivity contribution in [2.24, 2.45) is 7.05 Å². The number of hydrogen-bond donors (Lipinski definition) is 1. The highest BCUT2D eigenvalue weighted by Gasteiger charge is 2.33. The fourth-order valence-corrected chi connectivity index (χ4v) is 3.88. The van der Waals surface area contributed by atoms with Crippen LogP contribution in [0.3, 0.4) is 0 Å². The molecule has 4 rings (SSSR count). The van der Waals surface area contributed by atoms with E-state index in [0.717, 1.165) is 18.1 Å². The summed E-state index contributed by atoms with van der Waals surface area (Å²) in [5.74, 6) is 1.96. The van der Waals surface area contributed by atoms with E-state index >= 15 is 0 Å². The van der Waals surface area contributed by atoms with E-state index in [2.05, 4.69) is 40.3 Å². The Bertz CT molecular complexity index is 1020. The quantitative estimate of drug-likeness (QED) is 0.735. The summed E-state index contributed by atoms with van der Waals surface area (Å²) in [6.45, 7) is 8.17. The fraction of sp³-hybridized carbons (Fsp3) is 0.429. The third-order valence-electron chi connectivity index (χ3n) is 5.41.